The number of fused-ring (bicyclic) bond motifs is 1. The van der Waals surface area contributed by atoms with Crippen LogP contribution in [-0.2, 0) is 0 Å². The molecule has 3 rings (SSSR count). The summed E-state index contributed by atoms with van der Waals surface area (Å²) >= 11 is 0. The molecule has 0 spiro atoms. The quantitative estimate of drug-likeness (QED) is 0.813. The Morgan fingerprint density at radius 1 is 1.00 bits per heavy atom. The van der Waals surface area contributed by atoms with E-state index in [0.29, 0.717) is 6.04 Å². The van der Waals surface area contributed by atoms with Crippen LogP contribution in [0, 0.1) is 17.8 Å². The average molecular weight is 236 g/mol. The monoisotopic (exact) mass is 236 g/mol. The van der Waals surface area contributed by atoms with Crippen LogP contribution in [0.15, 0.2) is 0 Å². The van der Waals surface area contributed by atoms with Gasteiger partial charge < -0.3 is 10.6 Å². The fourth-order valence-electron chi connectivity index (χ4n) is 3.97. The van der Waals surface area contributed by atoms with E-state index in [1.165, 1.54) is 71.0 Å². The second kappa shape index (κ2) is 5.27. The smallest absolute Gasteiger partial charge is 0.00793 e. The van der Waals surface area contributed by atoms with Crippen LogP contribution in [-0.4, -0.2) is 30.6 Å². The number of hydrogen-bond donors (Lipinski definition) is 1. The molecule has 0 amide bonds. The molecular weight excluding hydrogens is 208 g/mol. The zero-order valence-corrected chi connectivity index (χ0v) is 11.1. The maximum absolute atomic E-state index is 6.20. The third kappa shape index (κ3) is 3.03. The van der Waals surface area contributed by atoms with E-state index in [0.717, 1.165) is 17.8 Å². The fraction of sp³-hybridized carbons (Fsp3) is 1.00. The molecule has 0 aromatic rings. The summed E-state index contributed by atoms with van der Waals surface area (Å²) in [4.78, 5) is 2.70. The average Bonchev–Trinajstić information content (AvgIpc) is 3.20. The Morgan fingerprint density at radius 3 is 2.53 bits per heavy atom. The van der Waals surface area contributed by atoms with Crippen molar-refractivity contribution in [2.75, 3.05) is 19.6 Å². The minimum absolute atomic E-state index is 0.499. The summed E-state index contributed by atoms with van der Waals surface area (Å²) in [5, 5.41) is 0. The van der Waals surface area contributed by atoms with Crippen LogP contribution >= 0.6 is 0 Å². The molecule has 3 unspecified atom stereocenters. The number of rotatable bonds is 4. The molecule has 1 heterocycles. The van der Waals surface area contributed by atoms with Crippen LogP contribution in [0.2, 0.25) is 0 Å². The summed E-state index contributed by atoms with van der Waals surface area (Å²) in [5.41, 5.74) is 6.20. The topological polar surface area (TPSA) is 29.3 Å². The third-order valence-corrected chi connectivity index (χ3v) is 5.38. The van der Waals surface area contributed by atoms with Gasteiger partial charge in [-0.2, -0.15) is 0 Å². The minimum Gasteiger partial charge on any atom is -0.327 e. The number of likely N-dealkylation sites (tertiary alicyclic amines) is 1. The summed E-state index contributed by atoms with van der Waals surface area (Å²) in [6.45, 7) is 3.99. The normalized spacial score (nSPS) is 36.5. The predicted octanol–water partition coefficient (Wildman–Crippen LogP) is 2.63. The Balaban J connectivity index is 1.42. The Labute approximate surface area is 106 Å². The summed E-state index contributed by atoms with van der Waals surface area (Å²) in [5.74, 6) is 2.97. The van der Waals surface area contributed by atoms with E-state index in [4.69, 9.17) is 5.73 Å². The molecule has 3 aliphatic rings. The molecule has 3 fully saturated rings. The van der Waals surface area contributed by atoms with E-state index < -0.39 is 0 Å². The molecule has 2 nitrogen and oxygen atoms in total. The molecule has 0 aromatic carbocycles. The van der Waals surface area contributed by atoms with Gasteiger partial charge in [0.25, 0.3) is 0 Å². The molecule has 1 aliphatic heterocycles. The molecule has 2 N–H and O–H groups in total. The van der Waals surface area contributed by atoms with Gasteiger partial charge in [-0.25, -0.2) is 0 Å². The van der Waals surface area contributed by atoms with E-state index >= 15 is 0 Å². The second-order valence-electron chi connectivity index (χ2n) is 6.68. The molecule has 0 radical (unpaired) electrons. The van der Waals surface area contributed by atoms with E-state index in [1.807, 2.05) is 0 Å². The Kier molecular flexibility index (Phi) is 3.72. The first-order chi connectivity index (χ1) is 8.33. The van der Waals surface area contributed by atoms with Crippen molar-refractivity contribution in [1.82, 2.24) is 4.90 Å². The highest BCUT2D eigenvalue weighted by atomic mass is 15.1. The zero-order chi connectivity index (χ0) is 11.7. The first-order valence-corrected chi connectivity index (χ1v) is 7.81. The van der Waals surface area contributed by atoms with Gasteiger partial charge in [0.05, 0.1) is 0 Å². The fourth-order valence-corrected chi connectivity index (χ4v) is 3.97. The van der Waals surface area contributed by atoms with E-state index in [1.54, 1.807) is 0 Å². The molecule has 0 bridgehead atoms. The van der Waals surface area contributed by atoms with Crippen LogP contribution in [0.1, 0.15) is 51.4 Å². The first kappa shape index (κ1) is 12.0. The molecule has 2 heteroatoms. The van der Waals surface area contributed by atoms with Gasteiger partial charge in [-0.05, 0) is 62.9 Å². The van der Waals surface area contributed by atoms with Crippen LogP contribution in [0.5, 0.6) is 0 Å². The van der Waals surface area contributed by atoms with Crippen molar-refractivity contribution in [2.24, 2.45) is 23.5 Å². The largest absolute Gasteiger partial charge is 0.327 e. The van der Waals surface area contributed by atoms with Crippen molar-refractivity contribution in [3.05, 3.63) is 0 Å². The molecule has 3 atom stereocenters. The molecular formula is C15H28N2. The third-order valence-electron chi connectivity index (χ3n) is 5.38. The van der Waals surface area contributed by atoms with Crippen molar-refractivity contribution in [1.29, 1.82) is 0 Å². The zero-order valence-electron chi connectivity index (χ0n) is 11.1. The van der Waals surface area contributed by atoms with Crippen molar-refractivity contribution < 1.29 is 0 Å². The van der Waals surface area contributed by atoms with Crippen molar-refractivity contribution in [3.63, 3.8) is 0 Å². The number of hydrogen-bond acceptors (Lipinski definition) is 2. The maximum atomic E-state index is 6.20. The minimum atomic E-state index is 0.499. The summed E-state index contributed by atoms with van der Waals surface area (Å²) in [6.07, 6.45) is 11.5. The van der Waals surface area contributed by atoms with Crippen LogP contribution in [0.3, 0.4) is 0 Å². The lowest BCUT2D eigenvalue weighted by Crippen LogP contribution is -2.43. The second-order valence-corrected chi connectivity index (χ2v) is 6.68. The van der Waals surface area contributed by atoms with Gasteiger partial charge in [0.2, 0.25) is 0 Å². The number of piperidine rings is 1. The van der Waals surface area contributed by atoms with Gasteiger partial charge >= 0.3 is 0 Å². The Hall–Kier alpha value is -0.0800. The van der Waals surface area contributed by atoms with E-state index in [9.17, 15) is 0 Å². The molecule has 2 saturated carbocycles. The van der Waals surface area contributed by atoms with Gasteiger partial charge in [-0.3, -0.25) is 0 Å². The molecule has 2 aliphatic carbocycles. The van der Waals surface area contributed by atoms with Gasteiger partial charge in [0, 0.05) is 12.6 Å². The standard InChI is InChI=1S/C15H28N2/c16-15(13-5-6-13)8-10-17-9-7-12-3-1-2-4-14(12)11-17/h12-15H,1-11,16H2. The van der Waals surface area contributed by atoms with Gasteiger partial charge in [0.15, 0.2) is 0 Å². The predicted molar refractivity (Wildman–Crippen MR) is 71.8 cm³/mol. The molecule has 1 saturated heterocycles. The Morgan fingerprint density at radius 2 is 1.76 bits per heavy atom. The van der Waals surface area contributed by atoms with Crippen LogP contribution in [0.25, 0.3) is 0 Å². The summed E-state index contributed by atoms with van der Waals surface area (Å²) in [7, 11) is 0. The SMILES string of the molecule is NC(CCN1CCC2CCCCC2C1)C1CC1. The molecule has 17 heavy (non-hydrogen) atoms. The van der Waals surface area contributed by atoms with Gasteiger partial charge in [0.1, 0.15) is 0 Å². The Bertz CT molecular complexity index is 249. The lowest BCUT2D eigenvalue weighted by molar-refractivity contribution is 0.0844. The number of nitrogens with two attached hydrogens (primary N) is 1. The highest BCUT2D eigenvalue weighted by Crippen LogP contribution is 2.36. The van der Waals surface area contributed by atoms with Gasteiger partial charge in [-0.1, -0.05) is 19.3 Å². The highest BCUT2D eigenvalue weighted by molar-refractivity contribution is 4.87. The first-order valence-electron chi connectivity index (χ1n) is 7.81. The van der Waals surface area contributed by atoms with Crippen molar-refractivity contribution >= 4 is 0 Å². The summed E-state index contributed by atoms with van der Waals surface area (Å²) < 4.78 is 0. The van der Waals surface area contributed by atoms with Crippen molar-refractivity contribution in [3.8, 4) is 0 Å². The lowest BCUT2D eigenvalue weighted by Gasteiger charge is -2.41. The van der Waals surface area contributed by atoms with Crippen LogP contribution in [0.4, 0.5) is 0 Å². The van der Waals surface area contributed by atoms with E-state index in [-0.39, 0.29) is 0 Å². The number of nitrogens with zero attached hydrogens (tertiary/aromatic N) is 1. The summed E-state index contributed by atoms with van der Waals surface area (Å²) in [6, 6.07) is 0.499. The lowest BCUT2D eigenvalue weighted by atomic mass is 9.75. The highest BCUT2D eigenvalue weighted by Gasteiger charge is 2.32. The van der Waals surface area contributed by atoms with E-state index in [2.05, 4.69) is 4.90 Å². The van der Waals surface area contributed by atoms with Crippen molar-refractivity contribution in [2.45, 2.75) is 57.4 Å². The molecule has 0 aromatic heterocycles. The van der Waals surface area contributed by atoms with Crippen LogP contribution < -0.4 is 5.73 Å². The maximum Gasteiger partial charge on any atom is 0.00793 e. The van der Waals surface area contributed by atoms with Gasteiger partial charge in [-0.15, -0.1) is 0 Å². The molecule has 98 valence electrons.